The van der Waals surface area contributed by atoms with E-state index in [9.17, 15) is 34.5 Å². The number of carboxylic acids is 3. The van der Waals surface area contributed by atoms with Gasteiger partial charge < -0.3 is 20.1 Å². The first-order valence-electron chi connectivity index (χ1n) is 12.9. The number of esters is 1. The average Bonchev–Trinajstić information content (AvgIpc) is 2.76. The maximum atomic E-state index is 13.3. The van der Waals surface area contributed by atoms with E-state index in [1.807, 2.05) is 0 Å². The molecule has 4 fully saturated rings. The second kappa shape index (κ2) is 10.2. The zero-order valence-corrected chi connectivity index (χ0v) is 20.4. The molecule has 0 spiro atoms. The van der Waals surface area contributed by atoms with Crippen molar-refractivity contribution in [2.45, 2.75) is 110 Å². The number of rotatable bonds is 15. The Labute approximate surface area is 201 Å². The standard InChI is InChI=1S/C26H40O8/c1-2-3-4-5-6-7-8-9-10-11-12-34-22(33)26-16-23(19(27)28)13-24(17-26,20(29)30)15-25(14-23,18-26)21(31)32/h2-18H2,1H3,(H,27,28)(H,29,30)(H,31,32). The molecule has 0 aliphatic heterocycles. The summed E-state index contributed by atoms with van der Waals surface area (Å²) in [5.74, 6) is -4.26. The molecule has 0 aromatic heterocycles. The second-order valence-corrected chi connectivity index (χ2v) is 11.4. The first kappa shape index (κ1) is 26.5. The number of hydrogen-bond acceptors (Lipinski definition) is 5. The first-order valence-corrected chi connectivity index (χ1v) is 12.9. The van der Waals surface area contributed by atoms with Crippen molar-refractivity contribution in [2.24, 2.45) is 21.7 Å². The van der Waals surface area contributed by atoms with Gasteiger partial charge >= 0.3 is 23.9 Å². The summed E-state index contributed by atoms with van der Waals surface area (Å²) < 4.78 is 5.56. The van der Waals surface area contributed by atoms with Crippen LogP contribution in [0.1, 0.15) is 110 Å². The summed E-state index contributed by atoms with van der Waals surface area (Å²) in [7, 11) is 0. The van der Waals surface area contributed by atoms with E-state index < -0.39 is 45.5 Å². The predicted molar refractivity (Wildman–Crippen MR) is 123 cm³/mol. The number of hydrogen-bond donors (Lipinski definition) is 3. The molecule has 8 heteroatoms. The molecular weight excluding hydrogens is 440 g/mol. The van der Waals surface area contributed by atoms with Crippen LogP contribution in [0.4, 0.5) is 0 Å². The lowest BCUT2D eigenvalue weighted by atomic mass is 9.35. The molecule has 0 amide bonds. The van der Waals surface area contributed by atoms with Gasteiger partial charge in [-0.05, 0) is 44.9 Å². The molecule has 192 valence electrons. The van der Waals surface area contributed by atoms with Crippen LogP contribution in [0.15, 0.2) is 0 Å². The molecule has 3 N–H and O–H groups in total. The maximum absolute atomic E-state index is 13.3. The summed E-state index contributed by atoms with van der Waals surface area (Å²) in [6.07, 6.45) is 10.9. The summed E-state index contributed by atoms with van der Waals surface area (Å²) >= 11 is 0. The highest BCUT2D eigenvalue weighted by atomic mass is 16.5. The lowest BCUT2D eigenvalue weighted by Gasteiger charge is -2.65. The van der Waals surface area contributed by atoms with Gasteiger partial charge in [0.2, 0.25) is 0 Å². The topological polar surface area (TPSA) is 138 Å². The van der Waals surface area contributed by atoms with Crippen molar-refractivity contribution in [3.05, 3.63) is 0 Å². The zero-order valence-electron chi connectivity index (χ0n) is 20.4. The van der Waals surface area contributed by atoms with Crippen LogP contribution in [0.5, 0.6) is 0 Å². The van der Waals surface area contributed by atoms with Crippen molar-refractivity contribution in [3.63, 3.8) is 0 Å². The molecule has 0 heterocycles. The fourth-order valence-corrected chi connectivity index (χ4v) is 7.44. The van der Waals surface area contributed by atoms with E-state index in [0.29, 0.717) is 6.42 Å². The fourth-order valence-electron chi connectivity index (χ4n) is 7.44. The molecular formula is C26H40O8. The zero-order chi connectivity index (χ0) is 25.0. The Morgan fingerprint density at radius 1 is 0.559 bits per heavy atom. The molecule has 0 atom stereocenters. The highest BCUT2D eigenvalue weighted by molar-refractivity contribution is 5.90. The van der Waals surface area contributed by atoms with Gasteiger partial charge in [-0.1, -0.05) is 64.7 Å². The monoisotopic (exact) mass is 480 g/mol. The minimum atomic E-state index is -1.53. The summed E-state index contributed by atoms with van der Waals surface area (Å²) in [5.41, 5.74) is -5.95. The van der Waals surface area contributed by atoms with E-state index in [-0.39, 0.29) is 45.1 Å². The van der Waals surface area contributed by atoms with Crippen molar-refractivity contribution in [1.82, 2.24) is 0 Å². The quantitative estimate of drug-likeness (QED) is 0.219. The average molecular weight is 481 g/mol. The normalized spacial score (nSPS) is 33.6. The lowest BCUT2D eigenvalue weighted by molar-refractivity contribution is -0.231. The molecule has 0 radical (unpaired) electrons. The van der Waals surface area contributed by atoms with Crippen molar-refractivity contribution in [2.75, 3.05) is 6.61 Å². The molecule has 4 rings (SSSR count). The molecule has 0 aromatic rings. The van der Waals surface area contributed by atoms with E-state index in [4.69, 9.17) is 4.74 Å². The molecule has 0 unspecified atom stereocenters. The third-order valence-corrected chi connectivity index (χ3v) is 8.59. The van der Waals surface area contributed by atoms with Crippen molar-refractivity contribution >= 4 is 23.9 Å². The molecule has 8 nitrogen and oxygen atoms in total. The van der Waals surface area contributed by atoms with Crippen LogP contribution in [-0.2, 0) is 23.9 Å². The van der Waals surface area contributed by atoms with Gasteiger partial charge in [-0.25, -0.2) is 0 Å². The Morgan fingerprint density at radius 3 is 1.24 bits per heavy atom. The van der Waals surface area contributed by atoms with E-state index in [1.165, 1.54) is 38.5 Å². The Hall–Kier alpha value is -2.12. The molecule has 4 aliphatic carbocycles. The Balaban J connectivity index is 1.58. The summed E-state index contributed by atoms with van der Waals surface area (Å²) in [5, 5.41) is 30.0. The van der Waals surface area contributed by atoms with E-state index >= 15 is 0 Å². The van der Waals surface area contributed by atoms with Crippen molar-refractivity contribution < 1.29 is 39.2 Å². The Kier molecular flexibility index (Phi) is 7.98. The van der Waals surface area contributed by atoms with Crippen molar-refractivity contribution in [1.29, 1.82) is 0 Å². The van der Waals surface area contributed by atoms with Gasteiger partial charge in [0, 0.05) is 0 Å². The van der Waals surface area contributed by atoms with Crippen LogP contribution < -0.4 is 0 Å². The molecule has 4 bridgehead atoms. The minimum Gasteiger partial charge on any atom is -0.481 e. The minimum absolute atomic E-state index is 0.0454. The number of aliphatic carboxylic acids is 3. The first-order chi connectivity index (χ1) is 16.1. The van der Waals surface area contributed by atoms with Gasteiger partial charge in [0.1, 0.15) is 0 Å². The highest BCUT2D eigenvalue weighted by Gasteiger charge is 2.76. The van der Waals surface area contributed by atoms with Gasteiger partial charge in [-0.3, -0.25) is 19.2 Å². The molecule has 0 aromatic carbocycles. The lowest BCUT2D eigenvalue weighted by Crippen LogP contribution is -2.68. The SMILES string of the molecule is CCCCCCCCCCCCOC(=O)C12CC3(C(=O)O)CC(C(=O)O)(CC(C(=O)O)(C3)C1)C2. The largest absolute Gasteiger partial charge is 0.481 e. The number of unbranched alkanes of at least 4 members (excludes halogenated alkanes) is 9. The van der Waals surface area contributed by atoms with Crippen molar-refractivity contribution in [3.8, 4) is 0 Å². The summed E-state index contributed by atoms with van der Waals surface area (Å²) in [6.45, 7) is 2.39. The van der Waals surface area contributed by atoms with Crippen LogP contribution in [0.3, 0.4) is 0 Å². The van der Waals surface area contributed by atoms with Gasteiger partial charge in [-0.15, -0.1) is 0 Å². The molecule has 34 heavy (non-hydrogen) atoms. The van der Waals surface area contributed by atoms with Crippen LogP contribution in [0.2, 0.25) is 0 Å². The smallest absolute Gasteiger partial charge is 0.312 e. The molecule has 4 aliphatic rings. The van der Waals surface area contributed by atoms with Crippen LogP contribution >= 0.6 is 0 Å². The number of carbonyl (C=O) groups is 4. The Morgan fingerprint density at radius 2 is 0.882 bits per heavy atom. The fraction of sp³-hybridized carbons (Fsp3) is 0.846. The van der Waals surface area contributed by atoms with Crippen LogP contribution in [0, 0.1) is 21.7 Å². The summed E-state index contributed by atoms with van der Waals surface area (Å²) in [6, 6.07) is 0. The second-order valence-electron chi connectivity index (χ2n) is 11.4. The molecule has 0 saturated heterocycles. The van der Waals surface area contributed by atoms with E-state index in [0.717, 1.165) is 19.3 Å². The van der Waals surface area contributed by atoms with Gasteiger partial charge in [0.05, 0.1) is 28.3 Å². The summed E-state index contributed by atoms with van der Waals surface area (Å²) in [4.78, 5) is 50.1. The van der Waals surface area contributed by atoms with Gasteiger partial charge in [0.15, 0.2) is 0 Å². The van der Waals surface area contributed by atoms with Crippen LogP contribution in [0.25, 0.3) is 0 Å². The van der Waals surface area contributed by atoms with E-state index in [1.54, 1.807) is 0 Å². The number of carboxylic acid groups (broad SMARTS) is 3. The maximum Gasteiger partial charge on any atom is 0.312 e. The van der Waals surface area contributed by atoms with Crippen LogP contribution in [-0.4, -0.2) is 45.8 Å². The number of carbonyl (C=O) groups excluding carboxylic acids is 1. The third kappa shape index (κ3) is 4.96. The van der Waals surface area contributed by atoms with Gasteiger partial charge in [-0.2, -0.15) is 0 Å². The molecule has 4 saturated carbocycles. The Bertz CT molecular complexity index is 721. The van der Waals surface area contributed by atoms with Gasteiger partial charge in [0.25, 0.3) is 0 Å². The third-order valence-electron chi connectivity index (χ3n) is 8.59. The number of ether oxygens (including phenoxy) is 1. The predicted octanol–water partition coefficient (Wildman–Crippen LogP) is 5.03. The van der Waals surface area contributed by atoms with E-state index in [2.05, 4.69) is 6.92 Å². The highest BCUT2D eigenvalue weighted by Crippen LogP contribution is 2.74.